The Labute approximate surface area is 180 Å². The molecule has 2 heterocycles. The average Bonchev–Trinajstić information content (AvgIpc) is 2.57. The molecule has 0 radical (unpaired) electrons. The molecule has 1 N–H and O–H groups in total. The Kier molecular flexibility index (Phi) is 4.14. The zero-order valence-corrected chi connectivity index (χ0v) is 18.7. The van der Waals surface area contributed by atoms with Gasteiger partial charge >= 0.3 is 181 Å². The molecule has 2 aromatic rings. The molecule has 26 heavy (non-hydrogen) atoms. The maximum atomic E-state index is 12.9. The number of carbonyl (C=O) groups is 4. The summed E-state index contributed by atoms with van der Waals surface area (Å²) in [4.78, 5) is 51.6. The number of carbonyl (C=O) groups excluding carboxylic acids is 4. The number of imide groups is 2. The zero-order chi connectivity index (χ0) is 19.1. The first-order chi connectivity index (χ1) is 12.2. The molecule has 0 aliphatic carbocycles. The van der Waals surface area contributed by atoms with E-state index in [4.69, 9.17) is 0 Å². The van der Waals surface area contributed by atoms with E-state index in [2.05, 4.69) is 76.5 Å². The van der Waals surface area contributed by atoms with E-state index < -0.39 is 23.6 Å². The number of hydrogen-bond acceptors (Lipinski definition) is 4. The molecule has 128 valence electrons. The van der Waals surface area contributed by atoms with Gasteiger partial charge < -0.3 is 0 Å². The van der Waals surface area contributed by atoms with Crippen LogP contribution in [0.15, 0.2) is 17.9 Å². The fourth-order valence-corrected chi connectivity index (χ4v) is 5.47. The average molecular weight is 606 g/mol. The summed E-state index contributed by atoms with van der Waals surface area (Å²) in [5.41, 5.74) is 0.684. The molecule has 6 nitrogen and oxygen atoms in total. The second-order valence-corrected chi connectivity index (χ2v) is 8.62. The monoisotopic (exact) mass is 602 g/mol. The molecule has 4 rings (SSSR count). The first-order valence-electron chi connectivity index (χ1n) is 6.94. The van der Waals surface area contributed by atoms with E-state index >= 15 is 0 Å². The fraction of sp³-hybridized carbons (Fsp3) is 0. The van der Waals surface area contributed by atoms with Crippen LogP contribution in [0.5, 0.6) is 0 Å². The van der Waals surface area contributed by atoms with Gasteiger partial charge in [0.15, 0.2) is 0 Å². The Morgan fingerprint density at radius 3 is 1.42 bits per heavy atom. The van der Waals surface area contributed by atoms with Crippen LogP contribution in [0, 0.1) is 0 Å². The third kappa shape index (κ3) is 2.05. The molecule has 0 spiro atoms. The number of hydrogen-bond donors (Lipinski definition) is 1. The molecule has 0 saturated carbocycles. The van der Waals surface area contributed by atoms with Crippen molar-refractivity contribution in [3.05, 3.63) is 40.1 Å². The van der Waals surface area contributed by atoms with Gasteiger partial charge in [-0.1, -0.05) is 0 Å². The Hall–Kier alpha value is -1.17. The van der Waals surface area contributed by atoms with Gasteiger partial charge in [-0.15, -0.1) is 0 Å². The van der Waals surface area contributed by atoms with Gasteiger partial charge in [-0.05, 0) is 0 Å². The van der Waals surface area contributed by atoms with Crippen LogP contribution in [0.4, 0.5) is 0 Å². The van der Waals surface area contributed by atoms with E-state index in [-0.39, 0.29) is 33.0 Å². The molecule has 0 unspecified atom stereocenters. The molecule has 0 bridgehead atoms. The Morgan fingerprint density at radius 2 is 1.04 bits per heavy atom. The van der Waals surface area contributed by atoms with Crippen LogP contribution in [0.3, 0.4) is 0 Å². The number of rotatable bonds is 1. The molecule has 2 aliphatic heterocycles. The van der Waals surface area contributed by atoms with Gasteiger partial charge in [0.2, 0.25) is 0 Å². The third-order valence-corrected chi connectivity index (χ3v) is 8.48. The Balaban J connectivity index is 2.41. The summed E-state index contributed by atoms with van der Waals surface area (Å²) in [5.74, 6) is -2.44. The number of nitrogens with one attached hydrogen (secondary N) is 1. The van der Waals surface area contributed by atoms with E-state index in [1.54, 1.807) is 0 Å². The second kappa shape index (κ2) is 5.92. The van der Waals surface area contributed by atoms with Crippen molar-refractivity contribution in [2.24, 2.45) is 0 Å². The van der Waals surface area contributed by atoms with Crippen molar-refractivity contribution in [3.63, 3.8) is 0 Å². The molecular weight excluding hydrogens is 603 g/mol. The molecule has 0 atom stereocenters. The number of benzene rings is 2. The quantitative estimate of drug-likeness (QED) is 0.401. The van der Waals surface area contributed by atoms with Crippen molar-refractivity contribution in [1.82, 2.24) is 10.2 Å². The van der Waals surface area contributed by atoms with Crippen molar-refractivity contribution < 1.29 is 19.2 Å². The van der Waals surface area contributed by atoms with Crippen molar-refractivity contribution in [2.75, 3.05) is 0 Å². The molecule has 4 amide bonds. The van der Waals surface area contributed by atoms with Crippen LogP contribution in [-0.4, -0.2) is 42.1 Å². The second-order valence-electron chi connectivity index (χ2n) is 5.45. The maximum absolute atomic E-state index is 12.9. The van der Waals surface area contributed by atoms with Crippen LogP contribution in [0.1, 0.15) is 41.4 Å². The Bertz CT molecular complexity index is 1080. The molecule has 0 saturated heterocycles. The van der Waals surface area contributed by atoms with Gasteiger partial charge in [-0.2, -0.15) is 0 Å². The summed E-state index contributed by atoms with van der Waals surface area (Å²) >= 11 is 13.3. The van der Waals surface area contributed by atoms with Crippen LogP contribution in [-0.2, 0) is 0 Å². The van der Waals surface area contributed by atoms with Crippen molar-refractivity contribution in [2.45, 2.75) is 0 Å². The van der Waals surface area contributed by atoms with E-state index in [0.717, 1.165) is 11.0 Å². The van der Waals surface area contributed by atoms with E-state index in [1.165, 1.54) is 0 Å². The Morgan fingerprint density at radius 1 is 0.692 bits per heavy atom. The predicted octanol–water partition coefficient (Wildman–Crippen LogP) is 3.03. The van der Waals surface area contributed by atoms with E-state index in [9.17, 15) is 19.2 Å². The summed E-state index contributed by atoms with van der Waals surface area (Å²) in [6.07, 6.45) is 1.13. The van der Waals surface area contributed by atoms with E-state index in [0.29, 0.717) is 17.9 Å². The normalized spacial score (nSPS) is 15.6. The summed E-state index contributed by atoms with van der Waals surface area (Å²) in [5, 5.41) is 2.77. The third-order valence-electron chi connectivity index (χ3n) is 4.24. The first-order valence-corrected chi connectivity index (χ1v) is 10.1. The predicted molar refractivity (Wildman–Crippen MR) is 110 cm³/mol. The molecule has 2 aromatic carbocycles. The standard InChI is InChI=1S/C15H3BBr4N2O4/c16-1-22-14(25)6-3-2-4(8(17)10(6)19)12(23)21-13(24)5(2)9(18)11(20)7(3)15(22)26/h1,16H,(H,21,23,24). The van der Waals surface area contributed by atoms with Gasteiger partial charge in [0.25, 0.3) is 0 Å². The van der Waals surface area contributed by atoms with Crippen molar-refractivity contribution in [1.29, 1.82) is 0 Å². The van der Waals surface area contributed by atoms with Crippen LogP contribution < -0.4 is 5.32 Å². The summed E-state index contributed by atoms with van der Waals surface area (Å²) in [6, 6.07) is 0. The molecule has 0 fully saturated rings. The number of nitrogens with zero attached hydrogens (tertiary/aromatic N) is 1. The fourth-order valence-electron chi connectivity index (χ4n) is 3.18. The van der Waals surface area contributed by atoms with Gasteiger partial charge in [-0.3, -0.25) is 0 Å². The topological polar surface area (TPSA) is 83.6 Å². The van der Waals surface area contributed by atoms with Gasteiger partial charge in [0, 0.05) is 0 Å². The molecule has 0 aromatic heterocycles. The molecule has 2 aliphatic rings. The number of halogens is 4. The van der Waals surface area contributed by atoms with Crippen molar-refractivity contribution >= 4 is 112 Å². The molecular formula is C15H3BBr4N2O4. The van der Waals surface area contributed by atoms with Gasteiger partial charge in [-0.25, -0.2) is 0 Å². The minimum atomic E-state index is -0.618. The number of amides is 4. The van der Waals surface area contributed by atoms with Gasteiger partial charge in [0.05, 0.1) is 0 Å². The van der Waals surface area contributed by atoms with Crippen LogP contribution in [0.2, 0.25) is 0 Å². The first kappa shape index (κ1) is 18.2. The molecule has 11 heteroatoms. The van der Waals surface area contributed by atoms with E-state index in [1.807, 2.05) is 0 Å². The summed E-state index contributed by atoms with van der Waals surface area (Å²) < 4.78 is 1.27. The minimum absolute atomic E-state index is 0.169. The van der Waals surface area contributed by atoms with Gasteiger partial charge in [0.1, 0.15) is 0 Å². The zero-order valence-electron chi connectivity index (χ0n) is 12.4. The van der Waals surface area contributed by atoms with Crippen LogP contribution >= 0.6 is 63.7 Å². The van der Waals surface area contributed by atoms with Crippen molar-refractivity contribution in [3.8, 4) is 0 Å². The summed E-state index contributed by atoms with van der Waals surface area (Å²) in [6.45, 7) is 0. The van der Waals surface area contributed by atoms with Crippen LogP contribution in [0.25, 0.3) is 10.8 Å². The SMILES string of the molecule is B=CN1C(=O)c2c(Br)c(Br)c3c4c(c(Br)c(Br)c(c24)C1=O)C(=O)NC3=O. The summed E-state index contributed by atoms with van der Waals surface area (Å²) in [7, 11) is 3.52.